The molecule has 196 valence electrons. The predicted molar refractivity (Wildman–Crippen MR) is 127 cm³/mol. The van der Waals surface area contributed by atoms with Crippen molar-refractivity contribution in [1.82, 2.24) is 9.55 Å². The van der Waals surface area contributed by atoms with Crippen LogP contribution in [0.4, 0.5) is 5.82 Å². The maximum Gasteiger partial charge on any atom is 0.361 e. The van der Waals surface area contributed by atoms with E-state index >= 15 is 0 Å². The first-order valence-electron chi connectivity index (χ1n) is 11.6. The maximum absolute atomic E-state index is 13.2. The van der Waals surface area contributed by atoms with Gasteiger partial charge in [-0.3, -0.25) is 13.9 Å². The lowest BCUT2D eigenvalue weighted by molar-refractivity contribution is -0.204. The van der Waals surface area contributed by atoms with E-state index in [0.29, 0.717) is 5.56 Å². The van der Waals surface area contributed by atoms with Crippen molar-refractivity contribution in [1.29, 1.82) is 0 Å². The van der Waals surface area contributed by atoms with Gasteiger partial charge in [-0.2, -0.15) is 4.98 Å². The van der Waals surface area contributed by atoms with Crippen molar-refractivity contribution in [2.24, 2.45) is 0 Å². The number of nitrogens with one attached hydrogen (secondary N) is 1. The van der Waals surface area contributed by atoms with Gasteiger partial charge in [-0.25, -0.2) is 4.79 Å². The highest BCUT2D eigenvalue weighted by Gasteiger charge is 2.61. The molecular weight excluding hydrogens is 493 g/mol. The van der Waals surface area contributed by atoms with Crippen LogP contribution in [-0.4, -0.2) is 63.7 Å². The molecule has 0 spiro atoms. The summed E-state index contributed by atoms with van der Waals surface area (Å²) >= 11 is 0. The second kappa shape index (κ2) is 10.5. The monoisotopic (exact) mass is 523 g/mol. The summed E-state index contributed by atoms with van der Waals surface area (Å²) in [6, 6.07) is 9.94. The van der Waals surface area contributed by atoms with Gasteiger partial charge in [0.05, 0.1) is 13.2 Å². The van der Waals surface area contributed by atoms with E-state index in [9.17, 15) is 19.3 Å². The Balaban J connectivity index is 1.60. The van der Waals surface area contributed by atoms with E-state index in [1.54, 1.807) is 58.0 Å². The number of benzene rings is 1. The number of amides is 1. The molecule has 1 aromatic carbocycles. The average molecular weight is 523 g/mol. The van der Waals surface area contributed by atoms with Gasteiger partial charge in [0.2, 0.25) is 0 Å². The summed E-state index contributed by atoms with van der Waals surface area (Å²) < 4.78 is 42.9. The molecule has 1 amide bonds. The summed E-state index contributed by atoms with van der Waals surface area (Å²) in [6.07, 6.45) is -2.56. The van der Waals surface area contributed by atoms with Crippen molar-refractivity contribution < 1.29 is 37.7 Å². The van der Waals surface area contributed by atoms with Crippen LogP contribution in [0.1, 0.15) is 44.3 Å². The molecule has 2 aliphatic rings. The number of aromatic nitrogens is 2. The van der Waals surface area contributed by atoms with Crippen molar-refractivity contribution in [3.05, 3.63) is 58.6 Å². The number of carbonyl (C=O) groups is 1. The third-order valence-electron chi connectivity index (χ3n) is 5.68. The van der Waals surface area contributed by atoms with Crippen LogP contribution < -0.4 is 11.0 Å². The number of rotatable bonds is 9. The fourth-order valence-electron chi connectivity index (χ4n) is 4.26. The van der Waals surface area contributed by atoms with Gasteiger partial charge in [-0.1, -0.05) is 18.2 Å². The molecule has 1 aromatic heterocycles. The lowest BCUT2D eigenvalue weighted by Crippen LogP contribution is -2.39. The number of carbonyl (C=O) groups excluding carboxylic acids is 1. The average Bonchev–Trinajstić information content (AvgIpc) is 3.32. The van der Waals surface area contributed by atoms with Crippen LogP contribution >= 0.6 is 7.60 Å². The fourth-order valence-corrected chi connectivity index (χ4v) is 5.95. The molecule has 12 nitrogen and oxygen atoms in total. The van der Waals surface area contributed by atoms with Crippen LogP contribution in [0.2, 0.25) is 0 Å². The summed E-state index contributed by atoms with van der Waals surface area (Å²) in [6.45, 7) is 6.70. The summed E-state index contributed by atoms with van der Waals surface area (Å²) in [4.78, 5) is 29.3. The van der Waals surface area contributed by atoms with E-state index in [-0.39, 0.29) is 19.0 Å². The highest BCUT2D eigenvalue weighted by atomic mass is 31.2. The van der Waals surface area contributed by atoms with Gasteiger partial charge in [-0.15, -0.1) is 0 Å². The Hall–Kier alpha value is -2.44. The van der Waals surface area contributed by atoms with Crippen molar-refractivity contribution in [3.8, 4) is 0 Å². The molecule has 0 unspecified atom stereocenters. The first-order valence-corrected chi connectivity index (χ1v) is 13.2. The fraction of sp³-hybridized carbons (Fsp3) is 0.522. The SMILES string of the molecule is CCOP(=O)(OCC)[C@@H](O)[C@H]1O[C@@H](n2ccc(NC(=O)c3ccccc3)nc2=O)[C@@H]2OC(C)(C)O[C@@H]21. The maximum atomic E-state index is 13.2. The lowest BCUT2D eigenvalue weighted by atomic mass is 10.1. The number of nitrogens with zero attached hydrogens (tertiary/aromatic N) is 2. The Labute approximate surface area is 208 Å². The molecule has 0 bridgehead atoms. The van der Waals surface area contributed by atoms with Crippen molar-refractivity contribution in [3.63, 3.8) is 0 Å². The first-order chi connectivity index (χ1) is 17.1. The van der Waals surface area contributed by atoms with E-state index in [2.05, 4.69) is 10.3 Å². The van der Waals surface area contributed by atoms with Crippen LogP contribution in [0.25, 0.3) is 0 Å². The number of anilines is 1. The van der Waals surface area contributed by atoms with Crippen LogP contribution in [0.3, 0.4) is 0 Å². The smallest absolute Gasteiger partial charge is 0.361 e. The van der Waals surface area contributed by atoms with E-state index in [0.717, 1.165) is 0 Å². The Kier molecular flexibility index (Phi) is 7.77. The molecule has 0 saturated carbocycles. The normalized spacial score (nSPS) is 25.9. The molecular formula is C23H30N3O9P. The standard InChI is InChI=1S/C23H30N3O9P/c1-5-31-36(30,32-6-2)21(28)18-16-17(35-23(3,4)34-16)20(33-18)26-13-12-15(25-22(26)29)24-19(27)14-10-8-7-9-11-14/h7-13,16-18,20-21,28H,5-6H2,1-4H3,(H,24,25,27,29)/t16-,17+,18-,20+,21+/m0/s1. The van der Waals surface area contributed by atoms with Gasteiger partial charge in [-0.05, 0) is 45.9 Å². The summed E-state index contributed by atoms with van der Waals surface area (Å²) in [5.41, 5.74) is -0.320. The molecule has 2 aliphatic heterocycles. The minimum Gasteiger partial charge on any atom is -0.378 e. The minimum atomic E-state index is -3.99. The van der Waals surface area contributed by atoms with Gasteiger partial charge in [0, 0.05) is 11.8 Å². The molecule has 2 aromatic rings. The van der Waals surface area contributed by atoms with E-state index in [1.807, 2.05) is 0 Å². The molecule has 5 atom stereocenters. The largest absolute Gasteiger partial charge is 0.378 e. The Morgan fingerprint density at radius 2 is 1.81 bits per heavy atom. The summed E-state index contributed by atoms with van der Waals surface area (Å²) in [5, 5.41) is 13.6. The minimum absolute atomic E-state index is 0.0426. The van der Waals surface area contributed by atoms with Crippen LogP contribution in [0.5, 0.6) is 0 Å². The zero-order valence-corrected chi connectivity index (χ0v) is 21.3. The van der Waals surface area contributed by atoms with Crippen molar-refractivity contribution in [2.45, 2.75) is 63.9 Å². The Morgan fingerprint density at radius 3 is 2.42 bits per heavy atom. The molecule has 2 fully saturated rings. The zero-order chi connectivity index (χ0) is 26.1. The van der Waals surface area contributed by atoms with E-state index in [1.165, 1.54) is 16.8 Å². The molecule has 13 heteroatoms. The van der Waals surface area contributed by atoms with Gasteiger partial charge < -0.3 is 33.7 Å². The zero-order valence-electron chi connectivity index (χ0n) is 20.4. The number of ether oxygens (including phenoxy) is 3. The molecule has 2 saturated heterocycles. The number of hydrogen-bond acceptors (Lipinski definition) is 10. The van der Waals surface area contributed by atoms with Gasteiger partial charge in [0.25, 0.3) is 5.91 Å². The molecule has 4 rings (SSSR count). The van der Waals surface area contributed by atoms with Gasteiger partial charge in [0.1, 0.15) is 24.1 Å². The van der Waals surface area contributed by atoms with E-state index in [4.69, 9.17) is 23.3 Å². The summed E-state index contributed by atoms with van der Waals surface area (Å²) in [7, 11) is -3.99. The second-order valence-corrected chi connectivity index (χ2v) is 10.8. The highest BCUT2D eigenvalue weighted by Crippen LogP contribution is 2.57. The van der Waals surface area contributed by atoms with Crippen molar-refractivity contribution >= 4 is 19.3 Å². The topological polar surface area (TPSA) is 147 Å². The molecule has 2 N–H and O–H groups in total. The Bertz CT molecular complexity index is 1180. The van der Waals surface area contributed by atoms with Crippen LogP contribution in [0.15, 0.2) is 47.4 Å². The van der Waals surface area contributed by atoms with Gasteiger partial charge in [0.15, 0.2) is 17.9 Å². The second-order valence-electron chi connectivity index (χ2n) is 8.67. The van der Waals surface area contributed by atoms with Crippen LogP contribution in [0, 0.1) is 0 Å². The number of fused-ring (bicyclic) bond motifs is 1. The van der Waals surface area contributed by atoms with E-state index < -0.39 is 55.4 Å². The molecule has 3 heterocycles. The Morgan fingerprint density at radius 1 is 1.17 bits per heavy atom. The highest BCUT2D eigenvalue weighted by molar-refractivity contribution is 7.54. The molecule has 36 heavy (non-hydrogen) atoms. The summed E-state index contributed by atoms with van der Waals surface area (Å²) in [5.74, 6) is -3.12. The van der Waals surface area contributed by atoms with Gasteiger partial charge >= 0.3 is 13.3 Å². The first kappa shape index (κ1) is 26.6. The number of hydrogen-bond donors (Lipinski definition) is 2. The predicted octanol–water partition coefficient (Wildman–Crippen LogP) is 2.50. The number of aliphatic hydroxyl groups is 1. The molecule has 0 radical (unpaired) electrons. The van der Waals surface area contributed by atoms with Crippen LogP contribution in [-0.2, 0) is 27.8 Å². The lowest BCUT2D eigenvalue weighted by Gasteiger charge is -2.30. The third-order valence-corrected chi connectivity index (χ3v) is 7.86. The van der Waals surface area contributed by atoms with Crippen molar-refractivity contribution in [2.75, 3.05) is 18.5 Å². The third kappa shape index (κ3) is 5.30. The quantitative estimate of drug-likeness (QED) is 0.470. The number of aliphatic hydroxyl groups excluding tert-OH is 1. The molecule has 0 aliphatic carbocycles.